The van der Waals surface area contributed by atoms with Crippen LogP contribution in [0.15, 0.2) is 57.6 Å². The molecule has 3 heterocycles. The first kappa shape index (κ1) is 21.3. The molecule has 0 N–H and O–H groups in total. The smallest absolute Gasteiger partial charge is 0.338 e. The lowest BCUT2D eigenvalue weighted by Gasteiger charge is -2.24. The Morgan fingerprint density at radius 1 is 1.26 bits per heavy atom. The minimum atomic E-state index is -0.650. The van der Waals surface area contributed by atoms with E-state index < -0.39 is 12.0 Å². The summed E-state index contributed by atoms with van der Waals surface area (Å²) >= 11 is 7.34. The van der Waals surface area contributed by atoms with Crippen LogP contribution in [0.2, 0.25) is 5.02 Å². The van der Waals surface area contributed by atoms with Gasteiger partial charge in [0.15, 0.2) is 4.80 Å². The number of thiazole rings is 1. The van der Waals surface area contributed by atoms with Gasteiger partial charge in [-0.25, -0.2) is 9.79 Å². The van der Waals surface area contributed by atoms with E-state index in [1.54, 1.807) is 41.3 Å². The molecule has 3 aromatic rings. The molecule has 0 unspecified atom stereocenters. The zero-order valence-corrected chi connectivity index (χ0v) is 18.9. The van der Waals surface area contributed by atoms with Crippen LogP contribution >= 0.6 is 22.9 Å². The van der Waals surface area contributed by atoms with E-state index in [9.17, 15) is 9.59 Å². The van der Waals surface area contributed by atoms with E-state index in [1.807, 2.05) is 31.3 Å². The Morgan fingerprint density at radius 2 is 2.00 bits per heavy atom. The van der Waals surface area contributed by atoms with Crippen molar-refractivity contribution >= 4 is 35.0 Å². The van der Waals surface area contributed by atoms with E-state index in [4.69, 9.17) is 16.3 Å². The number of hydrogen-bond acceptors (Lipinski definition) is 6. The second kappa shape index (κ2) is 8.64. The van der Waals surface area contributed by atoms with Crippen LogP contribution in [0.5, 0.6) is 0 Å². The van der Waals surface area contributed by atoms with Crippen LogP contribution in [0, 0.1) is 0 Å². The predicted molar refractivity (Wildman–Crippen MR) is 120 cm³/mol. The number of carbonyl (C=O) groups excluding carboxylic acids is 1. The van der Waals surface area contributed by atoms with Crippen molar-refractivity contribution in [3.8, 4) is 0 Å². The summed E-state index contributed by atoms with van der Waals surface area (Å²) < 4.78 is 9.13. The molecule has 0 saturated carbocycles. The van der Waals surface area contributed by atoms with Gasteiger partial charge in [-0.05, 0) is 50.6 Å². The maximum Gasteiger partial charge on any atom is 0.338 e. The van der Waals surface area contributed by atoms with Gasteiger partial charge in [0.2, 0.25) is 0 Å². The first-order valence-corrected chi connectivity index (χ1v) is 11.1. The van der Waals surface area contributed by atoms with Crippen LogP contribution in [0.4, 0.5) is 0 Å². The molecule has 1 aromatic carbocycles. The van der Waals surface area contributed by atoms with Crippen LogP contribution in [-0.2, 0) is 16.1 Å². The Morgan fingerprint density at radius 3 is 2.65 bits per heavy atom. The summed E-state index contributed by atoms with van der Waals surface area (Å²) in [6, 6.07) is 8.30. The number of halogens is 1. The molecule has 0 amide bonds. The molecule has 0 radical (unpaired) electrons. The number of rotatable bonds is 5. The van der Waals surface area contributed by atoms with Crippen LogP contribution in [0.25, 0.3) is 6.08 Å². The average molecular weight is 457 g/mol. The zero-order chi connectivity index (χ0) is 22.1. The van der Waals surface area contributed by atoms with Crippen molar-refractivity contribution in [2.75, 3.05) is 6.61 Å². The lowest BCUT2D eigenvalue weighted by atomic mass is 9.96. The second-order valence-electron chi connectivity index (χ2n) is 6.95. The molecule has 31 heavy (non-hydrogen) atoms. The van der Waals surface area contributed by atoms with E-state index in [0.29, 0.717) is 31.3 Å². The van der Waals surface area contributed by atoms with Gasteiger partial charge in [0.1, 0.15) is 0 Å². The quantitative estimate of drug-likeness (QED) is 0.553. The van der Waals surface area contributed by atoms with E-state index in [0.717, 1.165) is 12.1 Å². The minimum absolute atomic E-state index is 0.230. The molecule has 1 atom stereocenters. The topological polar surface area (TPSA) is 78.5 Å². The fourth-order valence-corrected chi connectivity index (χ4v) is 4.67. The summed E-state index contributed by atoms with van der Waals surface area (Å²) in [6.45, 7) is 6.47. The molecule has 1 aliphatic rings. The summed E-state index contributed by atoms with van der Waals surface area (Å²) in [4.78, 5) is 31.3. The Labute approximate surface area is 187 Å². The van der Waals surface area contributed by atoms with Gasteiger partial charge < -0.3 is 4.74 Å². The highest BCUT2D eigenvalue weighted by Gasteiger charge is 2.33. The normalized spacial score (nSPS) is 16.3. The van der Waals surface area contributed by atoms with Crippen molar-refractivity contribution in [2.45, 2.75) is 33.4 Å². The van der Waals surface area contributed by atoms with Gasteiger partial charge >= 0.3 is 5.97 Å². The highest BCUT2D eigenvalue weighted by Crippen LogP contribution is 2.31. The van der Waals surface area contributed by atoms with Crippen molar-refractivity contribution in [1.82, 2.24) is 14.3 Å². The highest BCUT2D eigenvalue weighted by molar-refractivity contribution is 7.07. The number of esters is 1. The maximum absolute atomic E-state index is 13.4. The lowest BCUT2D eigenvalue weighted by molar-refractivity contribution is -0.139. The van der Waals surface area contributed by atoms with Gasteiger partial charge in [-0.15, -0.1) is 0 Å². The van der Waals surface area contributed by atoms with Gasteiger partial charge in [0.25, 0.3) is 5.56 Å². The number of aryl methyl sites for hydroxylation is 1. The van der Waals surface area contributed by atoms with E-state index in [-0.39, 0.29) is 12.2 Å². The summed E-state index contributed by atoms with van der Waals surface area (Å²) in [7, 11) is 0. The van der Waals surface area contributed by atoms with Gasteiger partial charge in [0, 0.05) is 17.8 Å². The fourth-order valence-electron chi connectivity index (χ4n) is 3.52. The second-order valence-corrected chi connectivity index (χ2v) is 8.40. The number of allylic oxidation sites excluding steroid dienone is 1. The number of carbonyl (C=O) groups is 1. The van der Waals surface area contributed by atoms with Gasteiger partial charge in [0.05, 0.1) is 34.1 Å². The standard InChI is InChI=1S/C22H21ClN4O3S/c1-4-26-11-10-16(25-26)12-17-20(28)27-19(14-6-8-15(23)9-7-14)18(21(29)30-5-2)13(3)24-22(27)31-17/h6-12,19H,4-5H2,1-3H3/b17-12+/t19-/m0/s1. The van der Waals surface area contributed by atoms with Crippen LogP contribution in [0.1, 0.15) is 38.1 Å². The molecule has 9 heteroatoms. The first-order chi connectivity index (χ1) is 14.9. The van der Waals surface area contributed by atoms with Crippen LogP contribution in [0.3, 0.4) is 0 Å². The van der Waals surface area contributed by atoms with Crippen molar-refractivity contribution in [1.29, 1.82) is 0 Å². The number of benzene rings is 1. The third-order valence-corrected chi connectivity index (χ3v) is 6.20. The lowest BCUT2D eigenvalue weighted by Crippen LogP contribution is -2.39. The van der Waals surface area contributed by atoms with E-state index in [2.05, 4.69) is 10.1 Å². The summed E-state index contributed by atoms with van der Waals surface area (Å²) in [5, 5.41) is 5.00. The molecule has 1 aliphatic heterocycles. The summed E-state index contributed by atoms with van der Waals surface area (Å²) in [6.07, 6.45) is 3.61. The third kappa shape index (κ3) is 4.00. The third-order valence-electron chi connectivity index (χ3n) is 4.97. The fraction of sp³-hybridized carbons (Fsp3) is 0.273. The molecule has 0 aliphatic carbocycles. The molecule has 0 spiro atoms. The minimum Gasteiger partial charge on any atom is -0.463 e. The number of ether oxygens (including phenoxy) is 1. The average Bonchev–Trinajstić information content (AvgIpc) is 3.32. The van der Waals surface area contributed by atoms with Crippen molar-refractivity contribution in [2.24, 2.45) is 4.99 Å². The molecule has 160 valence electrons. The Balaban J connectivity index is 1.93. The van der Waals surface area contributed by atoms with Gasteiger partial charge in [-0.3, -0.25) is 14.0 Å². The molecule has 0 saturated heterocycles. The van der Waals surface area contributed by atoms with Crippen molar-refractivity contribution in [3.63, 3.8) is 0 Å². The van der Waals surface area contributed by atoms with Crippen molar-refractivity contribution in [3.05, 3.63) is 83.8 Å². The van der Waals surface area contributed by atoms with E-state index in [1.165, 1.54) is 11.3 Å². The number of fused-ring (bicyclic) bond motifs is 1. The highest BCUT2D eigenvalue weighted by atomic mass is 35.5. The summed E-state index contributed by atoms with van der Waals surface area (Å²) in [5.74, 6) is -0.486. The Kier molecular flexibility index (Phi) is 5.93. The molecular weight excluding hydrogens is 436 g/mol. The Hall–Kier alpha value is -2.97. The molecular formula is C22H21ClN4O3S. The van der Waals surface area contributed by atoms with Gasteiger partial charge in [-0.2, -0.15) is 5.10 Å². The molecule has 2 aromatic heterocycles. The molecule has 7 nitrogen and oxygen atoms in total. The first-order valence-electron chi connectivity index (χ1n) is 9.91. The monoisotopic (exact) mass is 456 g/mol. The SMILES string of the molecule is CCOC(=O)C1=C(C)N=c2s/c(=C/c3ccn(CC)n3)c(=O)n2[C@H]1c1ccc(Cl)cc1. The van der Waals surface area contributed by atoms with E-state index >= 15 is 0 Å². The number of hydrogen-bond donors (Lipinski definition) is 0. The predicted octanol–water partition coefficient (Wildman–Crippen LogP) is 2.67. The van der Waals surface area contributed by atoms with Gasteiger partial charge in [-0.1, -0.05) is 35.1 Å². The molecule has 0 bridgehead atoms. The van der Waals surface area contributed by atoms with Crippen LogP contribution < -0.4 is 14.9 Å². The van der Waals surface area contributed by atoms with Crippen molar-refractivity contribution < 1.29 is 9.53 Å². The largest absolute Gasteiger partial charge is 0.463 e. The Bertz CT molecular complexity index is 1350. The summed E-state index contributed by atoms with van der Waals surface area (Å²) in [5.41, 5.74) is 2.09. The molecule has 0 fully saturated rings. The number of aromatic nitrogens is 3. The number of nitrogens with zero attached hydrogens (tertiary/aromatic N) is 4. The maximum atomic E-state index is 13.4. The van der Waals surface area contributed by atoms with Crippen LogP contribution in [-0.4, -0.2) is 26.9 Å². The zero-order valence-electron chi connectivity index (χ0n) is 17.3. The molecule has 4 rings (SSSR count).